The number of thioether (sulfide) groups is 1. The van der Waals surface area contributed by atoms with E-state index in [1.165, 1.54) is 11.8 Å². The van der Waals surface area contributed by atoms with Crippen molar-refractivity contribution < 1.29 is 4.79 Å². The first-order chi connectivity index (χ1) is 12.1. The number of amides is 1. The zero-order chi connectivity index (χ0) is 17.6. The van der Waals surface area contributed by atoms with Crippen LogP contribution in [-0.4, -0.2) is 31.4 Å². The van der Waals surface area contributed by atoms with Crippen molar-refractivity contribution in [1.29, 1.82) is 0 Å². The maximum atomic E-state index is 12.4. The molecule has 0 aliphatic heterocycles. The summed E-state index contributed by atoms with van der Waals surface area (Å²) in [4.78, 5) is 12.4. The van der Waals surface area contributed by atoms with Gasteiger partial charge in [0.15, 0.2) is 0 Å². The Morgan fingerprint density at radius 3 is 2.68 bits per heavy atom. The molecular weight excluding hydrogens is 358 g/mol. The highest BCUT2D eigenvalue weighted by Crippen LogP contribution is 2.25. The van der Waals surface area contributed by atoms with Gasteiger partial charge in [-0.2, -0.15) is 0 Å². The van der Waals surface area contributed by atoms with Crippen molar-refractivity contribution in [3.8, 4) is 0 Å². The molecule has 0 spiro atoms. The zero-order valence-corrected chi connectivity index (χ0v) is 15.0. The molecule has 1 N–H and O–H groups in total. The topological polar surface area (TPSA) is 72.7 Å². The highest BCUT2D eigenvalue weighted by Gasteiger charge is 2.19. The molecule has 0 aliphatic carbocycles. The fourth-order valence-corrected chi connectivity index (χ4v) is 3.12. The van der Waals surface area contributed by atoms with E-state index >= 15 is 0 Å². The summed E-state index contributed by atoms with van der Waals surface area (Å²) in [6.45, 7) is 2.35. The Kier molecular flexibility index (Phi) is 5.67. The van der Waals surface area contributed by atoms with Gasteiger partial charge in [-0.25, -0.2) is 4.68 Å². The largest absolute Gasteiger partial charge is 0.324 e. The second-order valence-electron chi connectivity index (χ2n) is 5.33. The van der Waals surface area contributed by atoms with Crippen LogP contribution in [0.15, 0.2) is 59.8 Å². The minimum Gasteiger partial charge on any atom is -0.324 e. The van der Waals surface area contributed by atoms with Crippen molar-refractivity contribution in [2.45, 2.75) is 23.9 Å². The zero-order valence-electron chi connectivity index (χ0n) is 13.5. The van der Waals surface area contributed by atoms with Crippen LogP contribution in [0.5, 0.6) is 0 Å². The first kappa shape index (κ1) is 17.4. The third-order valence-corrected chi connectivity index (χ3v) is 4.86. The van der Waals surface area contributed by atoms with Crippen LogP contribution in [0, 0.1) is 0 Å². The van der Waals surface area contributed by atoms with Crippen molar-refractivity contribution in [1.82, 2.24) is 20.2 Å². The fourth-order valence-electron chi connectivity index (χ4n) is 2.15. The van der Waals surface area contributed by atoms with Crippen molar-refractivity contribution in [3.63, 3.8) is 0 Å². The Balaban J connectivity index is 1.65. The maximum Gasteiger partial charge on any atom is 0.237 e. The van der Waals surface area contributed by atoms with E-state index in [-0.39, 0.29) is 11.2 Å². The lowest BCUT2D eigenvalue weighted by molar-refractivity contribution is -0.115. The maximum absolute atomic E-state index is 12.4. The number of benzene rings is 2. The van der Waals surface area contributed by atoms with E-state index in [4.69, 9.17) is 11.6 Å². The summed E-state index contributed by atoms with van der Waals surface area (Å²) in [5.74, 6) is -0.160. The molecule has 0 fully saturated rings. The minimum atomic E-state index is -0.378. The number of halogens is 1. The van der Waals surface area contributed by atoms with Crippen LogP contribution in [-0.2, 0) is 11.3 Å². The first-order valence-corrected chi connectivity index (χ1v) is 8.91. The summed E-state index contributed by atoms with van der Waals surface area (Å²) >= 11 is 7.37. The van der Waals surface area contributed by atoms with Crippen molar-refractivity contribution in [2.75, 3.05) is 5.32 Å². The van der Waals surface area contributed by atoms with E-state index < -0.39 is 0 Å². The summed E-state index contributed by atoms with van der Waals surface area (Å²) in [5, 5.41) is 15.3. The molecule has 1 atom stereocenters. The monoisotopic (exact) mass is 373 g/mol. The highest BCUT2D eigenvalue weighted by molar-refractivity contribution is 8.00. The number of nitrogens with one attached hydrogen (secondary N) is 1. The number of nitrogens with zero attached hydrogens (tertiary/aromatic N) is 4. The van der Waals surface area contributed by atoms with Gasteiger partial charge in [-0.15, -0.1) is 5.10 Å². The van der Waals surface area contributed by atoms with Gasteiger partial charge in [-0.3, -0.25) is 4.79 Å². The van der Waals surface area contributed by atoms with Gasteiger partial charge in [-0.1, -0.05) is 65.8 Å². The summed E-state index contributed by atoms with van der Waals surface area (Å²) in [6.07, 6.45) is 0. The summed E-state index contributed by atoms with van der Waals surface area (Å²) in [6, 6.07) is 17.0. The van der Waals surface area contributed by atoms with Gasteiger partial charge < -0.3 is 5.32 Å². The molecule has 128 valence electrons. The lowest BCUT2D eigenvalue weighted by Crippen LogP contribution is -2.23. The van der Waals surface area contributed by atoms with Crippen LogP contribution >= 0.6 is 23.4 Å². The van der Waals surface area contributed by atoms with Crippen molar-refractivity contribution in [3.05, 3.63) is 65.2 Å². The van der Waals surface area contributed by atoms with Gasteiger partial charge >= 0.3 is 0 Å². The average Bonchev–Trinajstić information content (AvgIpc) is 3.04. The van der Waals surface area contributed by atoms with E-state index in [0.717, 1.165) is 5.56 Å². The molecule has 2 aromatic carbocycles. The van der Waals surface area contributed by atoms with Crippen molar-refractivity contribution >= 4 is 35.0 Å². The third-order valence-electron chi connectivity index (χ3n) is 3.46. The lowest BCUT2D eigenvalue weighted by atomic mass is 10.2. The first-order valence-electron chi connectivity index (χ1n) is 7.65. The second-order valence-corrected chi connectivity index (χ2v) is 7.05. The van der Waals surface area contributed by atoms with Gasteiger partial charge in [0.25, 0.3) is 0 Å². The SMILES string of the molecule is CC(Sc1nnnn1Cc1ccccc1)C(=O)Nc1ccccc1Cl. The Hall–Kier alpha value is -2.38. The van der Waals surface area contributed by atoms with Crippen molar-refractivity contribution in [2.24, 2.45) is 0 Å². The molecule has 3 aromatic rings. The molecule has 1 unspecified atom stereocenters. The second kappa shape index (κ2) is 8.13. The van der Waals surface area contributed by atoms with E-state index in [9.17, 15) is 4.79 Å². The predicted molar refractivity (Wildman–Crippen MR) is 98.8 cm³/mol. The van der Waals surface area contributed by atoms with Crippen LogP contribution < -0.4 is 5.32 Å². The Bertz CT molecular complexity index is 855. The molecule has 0 saturated heterocycles. The molecule has 0 radical (unpaired) electrons. The van der Waals surface area contributed by atoms with Crippen LogP contribution in [0.2, 0.25) is 5.02 Å². The van der Waals surface area contributed by atoms with Crippen LogP contribution in [0.25, 0.3) is 0 Å². The normalized spacial score (nSPS) is 11.9. The molecular formula is C17H16ClN5OS. The fraction of sp³-hybridized carbons (Fsp3) is 0.176. The number of carbonyl (C=O) groups is 1. The summed E-state index contributed by atoms with van der Waals surface area (Å²) in [7, 11) is 0. The van der Waals surface area contributed by atoms with E-state index in [2.05, 4.69) is 20.8 Å². The number of tetrazole rings is 1. The smallest absolute Gasteiger partial charge is 0.237 e. The van der Waals surface area contributed by atoms with Gasteiger partial charge in [0.1, 0.15) is 0 Å². The summed E-state index contributed by atoms with van der Waals surface area (Å²) < 4.78 is 1.68. The molecule has 1 heterocycles. The molecule has 1 amide bonds. The number of anilines is 1. The number of carbonyl (C=O) groups excluding carboxylic acids is 1. The quantitative estimate of drug-likeness (QED) is 0.669. The molecule has 0 bridgehead atoms. The predicted octanol–water partition coefficient (Wildman–Crippen LogP) is 3.49. The van der Waals surface area contributed by atoms with Crippen LogP contribution in [0.1, 0.15) is 12.5 Å². The molecule has 3 rings (SSSR count). The van der Waals surface area contributed by atoms with E-state index in [1.807, 2.05) is 42.5 Å². The van der Waals surface area contributed by atoms with Gasteiger partial charge in [0.2, 0.25) is 11.1 Å². The summed E-state index contributed by atoms with van der Waals surface area (Å²) in [5.41, 5.74) is 1.68. The molecule has 25 heavy (non-hydrogen) atoms. The average molecular weight is 374 g/mol. The Morgan fingerprint density at radius 2 is 1.92 bits per heavy atom. The van der Waals surface area contributed by atoms with Gasteiger partial charge in [0.05, 0.1) is 22.5 Å². The standard InChI is InChI=1S/C17H16ClN5OS/c1-12(16(24)19-15-10-6-5-9-14(15)18)25-17-20-21-22-23(17)11-13-7-3-2-4-8-13/h2-10,12H,11H2,1H3,(H,19,24). The highest BCUT2D eigenvalue weighted by atomic mass is 35.5. The number of rotatable bonds is 6. The third kappa shape index (κ3) is 4.58. The number of para-hydroxylation sites is 1. The van der Waals surface area contributed by atoms with Crippen LogP contribution in [0.3, 0.4) is 0 Å². The minimum absolute atomic E-state index is 0.160. The number of aromatic nitrogens is 4. The Labute approximate surface area is 154 Å². The molecule has 1 aromatic heterocycles. The lowest BCUT2D eigenvalue weighted by Gasteiger charge is -2.12. The molecule has 0 aliphatic rings. The van der Waals surface area contributed by atoms with Gasteiger partial charge in [-0.05, 0) is 35.0 Å². The van der Waals surface area contributed by atoms with Gasteiger partial charge in [0, 0.05) is 0 Å². The number of hydrogen-bond acceptors (Lipinski definition) is 5. The molecule has 6 nitrogen and oxygen atoms in total. The molecule has 0 saturated carbocycles. The van der Waals surface area contributed by atoms with E-state index in [1.54, 1.807) is 23.7 Å². The Morgan fingerprint density at radius 1 is 1.20 bits per heavy atom. The van der Waals surface area contributed by atoms with Crippen LogP contribution in [0.4, 0.5) is 5.69 Å². The molecule has 8 heteroatoms. The number of hydrogen-bond donors (Lipinski definition) is 1. The van der Waals surface area contributed by atoms with E-state index in [0.29, 0.717) is 22.4 Å².